The summed E-state index contributed by atoms with van der Waals surface area (Å²) in [5, 5.41) is 3.95. The molecule has 1 N–H and O–H groups in total. The van der Waals surface area contributed by atoms with Crippen LogP contribution in [-0.2, 0) is 4.79 Å². The van der Waals surface area contributed by atoms with Crippen LogP contribution in [0.5, 0.6) is 0 Å². The third kappa shape index (κ3) is 4.01. The van der Waals surface area contributed by atoms with E-state index >= 15 is 0 Å². The Bertz CT molecular complexity index is 1130. The van der Waals surface area contributed by atoms with Gasteiger partial charge in [0.25, 0.3) is 5.56 Å². The number of anilines is 1. The van der Waals surface area contributed by atoms with E-state index in [0.29, 0.717) is 16.1 Å². The van der Waals surface area contributed by atoms with Crippen LogP contribution in [0, 0.1) is 13.8 Å². The van der Waals surface area contributed by atoms with E-state index in [4.69, 9.17) is 4.98 Å². The molecule has 3 aromatic rings. The molecule has 5 nitrogen and oxygen atoms in total. The van der Waals surface area contributed by atoms with E-state index in [0.717, 1.165) is 42.5 Å². The van der Waals surface area contributed by atoms with Gasteiger partial charge in [-0.3, -0.25) is 14.2 Å². The van der Waals surface area contributed by atoms with E-state index in [2.05, 4.69) is 5.32 Å². The van der Waals surface area contributed by atoms with E-state index in [1.54, 1.807) is 0 Å². The first kappa shape index (κ1) is 20.7. The molecule has 1 unspecified atom stereocenters. The van der Waals surface area contributed by atoms with Crippen molar-refractivity contribution in [3.8, 4) is 0 Å². The Morgan fingerprint density at radius 3 is 2.47 bits per heavy atom. The van der Waals surface area contributed by atoms with E-state index in [1.165, 1.54) is 11.8 Å². The molecular formula is C24H27N3O2S. The number of aryl methyl sites for hydroxylation is 2. The summed E-state index contributed by atoms with van der Waals surface area (Å²) in [4.78, 5) is 31.0. The highest BCUT2D eigenvalue weighted by Crippen LogP contribution is 2.33. The zero-order valence-corrected chi connectivity index (χ0v) is 18.5. The molecule has 1 aliphatic carbocycles. The summed E-state index contributed by atoms with van der Waals surface area (Å²) in [6.45, 7) is 5.85. The summed E-state index contributed by atoms with van der Waals surface area (Å²) >= 11 is 1.36. The van der Waals surface area contributed by atoms with Crippen LogP contribution in [0.2, 0.25) is 0 Å². The molecule has 1 aromatic heterocycles. The number of fused-ring (bicyclic) bond motifs is 1. The predicted molar refractivity (Wildman–Crippen MR) is 123 cm³/mol. The minimum Gasteiger partial charge on any atom is -0.325 e. The maximum Gasteiger partial charge on any atom is 0.262 e. The van der Waals surface area contributed by atoms with Gasteiger partial charge in [-0.1, -0.05) is 54.9 Å². The Morgan fingerprint density at radius 1 is 1.10 bits per heavy atom. The average Bonchev–Trinajstić information content (AvgIpc) is 3.25. The lowest BCUT2D eigenvalue weighted by molar-refractivity contribution is -0.115. The smallest absolute Gasteiger partial charge is 0.262 e. The van der Waals surface area contributed by atoms with Crippen molar-refractivity contribution in [3.63, 3.8) is 0 Å². The number of carbonyl (C=O) groups is 1. The number of nitrogens with zero attached hydrogens (tertiary/aromatic N) is 2. The normalized spacial score (nSPS) is 15.4. The molecule has 4 rings (SSSR count). The Hall–Kier alpha value is -2.60. The van der Waals surface area contributed by atoms with Gasteiger partial charge in [-0.05, 0) is 56.9 Å². The quantitative estimate of drug-likeness (QED) is 0.451. The van der Waals surface area contributed by atoms with Crippen molar-refractivity contribution in [1.29, 1.82) is 0 Å². The minimum absolute atomic E-state index is 0.00245. The number of thioether (sulfide) groups is 1. The maximum absolute atomic E-state index is 13.3. The number of carbonyl (C=O) groups excluding carboxylic acids is 1. The Labute approximate surface area is 180 Å². The SMILES string of the molecule is Cc1cccc(C)c1NC(=O)C(C)Sc1nc2ccccc2c(=O)n1C1CCCC1. The third-order valence-electron chi connectivity index (χ3n) is 5.85. The number of rotatable bonds is 5. The van der Waals surface area contributed by atoms with Crippen molar-refractivity contribution in [2.75, 3.05) is 5.32 Å². The van der Waals surface area contributed by atoms with E-state index < -0.39 is 0 Å². The van der Waals surface area contributed by atoms with Crippen molar-refractivity contribution < 1.29 is 4.79 Å². The van der Waals surface area contributed by atoms with E-state index in [-0.39, 0.29) is 22.8 Å². The van der Waals surface area contributed by atoms with Gasteiger partial charge in [-0.2, -0.15) is 0 Å². The first-order chi connectivity index (χ1) is 14.5. The Kier molecular flexibility index (Phi) is 5.95. The fourth-order valence-electron chi connectivity index (χ4n) is 4.14. The second kappa shape index (κ2) is 8.64. The molecule has 156 valence electrons. The van der Waals surface area contributed by atoms with Gasteiger partial charge in [0.05, 0.1) is 16.2 Å². The highest BCUT2D eigenvalue weighted by Gasteiger charge is 2.26. The largest absolute Gasteiger partial charge is 0.325 e. The number of hydrogen-bond donors (Lipinski definition) is 1. The van der Waals surface area contributed by atoms with Crippen LogP contribution in [0.3, 0.4) is 0 Å². The first-order valence-corrected chi connectivity index (χ1v) is 11.4. The molecule has 1 saturated carbocycles. The van der Waals surface area contributed by atoms with Crippen LogP contribution in [0.4, 0.5) is 5.69 Å². The minimum atomic E-state index is -0.385. The molecule has 1 heterocycles. The summed E-state index contributed by atoms with van der Waals surface area (Å²) in [7, 11) is 0. The lowest BCUT2D eigenvalue weighted by atomic mass is 10.1. The van der Waals surface area contributed by atoms with Crippen molar-refractivity contribution in [2.24, 2.45) is 0 Å². The molecular weight excluding hydrogens is 394 g/mol. The van der Waals surface area contributed by atoms with Gasteiger partial charge in [0.2, 0.25) is 5.91 Å². The molecule has 0 radical (unpaired) electrons. The van der Waals surface area contributed by atoms with Crippen LogP contribution in [0.25, 0.3) is 10.9 Å². The van der Waals surface area contributed by atoms with Gasteiger partial charge in [0.15, 0.2) is 5.16 Å². The topological polar surface area (TPSA) is 64.0 Å². The maximum atomic E-state index is 13.3. The molecule has 2 aromatic carbocycles. The van der Waals surface area contributed by atoms with Gasteiger partial charge in [-0.25, -0.2) is 4.98 Å². The van der Waals surface area contributed by atoms with Gasteiger partial charge in [0, 0.05) is 11.7 Å². The Morgan fingerprint density at radius 2 is 1.77 bits per heavy atom. The zero-order chi connectivity index (χ0) is 21.3. The molecule has 0 aliphatic heterocycles. The second-order valence-electron chi connectivity index (χ2n) is 8.04. The van der Waals surface area contributed by atoms with E-state index in [9.17, 15) is 9.59 Å². The number of aromatic nitrogens is 2. The molecule has 30 heavy (non-hydrogen) atoms. The molecule has 0 bridgehead atoms. The van der Waals surface area contributed by atoms with Crippen LogP contribution in [-0.4, -0.2) is 20.7 Å². The summed E-state index contributed by atoms with van der Waals surface area (Å²) in [5.74, 6) is -0.0854. The fraction of sp³-hybridized carbons (Fsp3) is 0.375. The number of benzene rings is 2. The summed E-state index contributed by atoms with van der Waals surface area (Å²) in [6, 6.07) is 13.6. The monoisotopic (exact) mass is 421 g/mol. The molecule has 1 aliphatic rings. The van der Waals surface area contributed by atoms with Crippen molar-refractivity contribution in [2.45, 2.75) is 62.9 Å². The standard InChI is InChI=1S/C24H27N3O2S/c1-15-9-8-10-16(2)21(15)26-22(28)17(3)30-24-25-20-14-7-6-13-19(20)23(29)27(24)18-11-4-5-12-18/h6-10,13-14,17-18H,4-5,11-12H2,1-3H3,(H,26,28). The summed E-state index contributed by atoms with van der Waals surface area (Å²) in [5.41, 5.74) is 3.60. The Balaban J connectivity index is 1.66. The molecule has 0 saturated heterocycles. The van der Waals surface area contributed by atoms with Crippen molar-refractivity contribution in [1.82, 2.24) is 9.55 Å². The second-order valence-corrected chi connectivity index (χ2v) is 9.35. The van der Waals surface area contributed by atoms with Crippen LogP contribution in [0.1, 0.15) is 49.8 Å². The number of para-hydroxylation sites is 2. The molecule has 0 spiro atoms. The summed E-state index contributed by atoms with van der Waals surface area (Å²) in [6.07, 6.45) is 4.21. The van der Waals surface area contributed by atoms with Crippen LogP contribution >= 0.6 is 11.8 Å². The number of amides is 1. The van der Waals surface area contributed by atoms with Crippen LogP contribution < -0.4 is 10.9 Å². The fourth-order valence-corrected chi connectivity index (χ4v) is 5.12. The third-order valence-corrected chi connectivity index (χ3v) is 6.91. The van der Waals surface area contributed by atoms with Crippen LogP contribution in [0.15, 0.2) is 52.4 Å². The van der Waals surface area contributed by atoms with Gasteiger partial charge in [-0.15, -0.1) is 0 Å². The highest BCUT2D eigenvalue weighted by atomic mass is 32.2. The van der Waals surface area contributed by atoms with E-state index in [1.807, 2.05) is 67.8 Å². The van der Waals surface area contributed by atoms with Crippen molar-refractivity contribution in [3.05, 3.63) is 63.9 Å². The first-order valence-electron chi connectivity index (χ1n) is 10.5. The average molecular weight is 422 g/mol. The van der Waals surface area contributed by atoms with Crippen molar-refractivity contribution >= 4 is 34.3 Å². The zero-order valence-electron chi connectivity index (χ0n) is 17.6. The molecule has 1 amide bonds. The predicted octanol–water partition coefficient (Wildman–Crippen LogP) is 5.25. The van der Waals surface area contributed by atoms with Gasteiger partial charge in [0.1, 0.15) is 0 Å². The number of hydrogen-bond acceptors (Lipinski definition) is 4. The lowest BCUT2D eigenvalue weighted by Crippen LogP contribution is -2.29. The molecule has 1 atom stereocenters. The summed E-state index contributed by atoms with van der Waals surface area (Å²) < 4.78 is 1.84. The molecule has 1 fully saturated rings. The number of nitrogens with one attached hydrogen (secondary N) is 1. The lowest BCUT2D eigenvalue weighted by Gasteiger charge is -2.21. The molecule has 6 heteroatoms. The van der Waals surface area contributed by atoms with Gasteiger partial charge < -0.3 is 5.32 Å². The highest BCUT2D eigenvalue weighted by molar-refractivity contribution is 8.00. The van der Waals surface area contributed by atoms with Gasteiger partial charge >= 0.3 is 0 Å².